The van der Waals surface area contributed by atoms with Crippen molar-refractivity contribution in [3.8, 4) is 0 Å². The Morgan fingerprint density at radius 1 is 1.65 bits per heavy atom. The number of hydrazone groups is 1. The number of nitro groups is 1. The average Bonchev–Trinajstić information content (AvgIpc) is 2.88. The summed E-state index contributed by atoms with van der Waals surface area (Å²) in [4.78, 5) is 13.9. The van der Waals surface area contributed by atoms with Gasteiger partial charge in [0.05, 0.1) is 18.0 Å². The first-order valence-electron chi connectivity index (χ1n) is 4.60. The summed E-state index contributed by atoms with van der Waals surface area (Å²) in [6.45, 7) is 1.88. The van der Waals surface area contributed by atoms with Crippen LogP contribution in [0, 0.1) is 17.0 Å². The summed E-state index contributed by atoms with van der Waals surface area (Å²) >= 11 is 1.42. The van der Waals surface area contributed by atoms with Crippen LogP contribution in [0.1, 0.15) is 11.5 Å². The lowest BCUT2D eigenvalue weighted by atomic mass is 10.5. The molecule has 0 radical (unpaired) electrons. The minimum absolute atomic E-state index is 0.303. The van der Waals surface area contributed by atoms with Gasteiger partial charge in [0.1, 0.15) is 4.92 Å². The molecule has 0 aromatic carbocycles. The molecule has 0 amide bonds. The number of nitrogens with zero attached hydrogens (tertiary/aromatic N) is 3. The van der Waals surface area contributed by atoms with E-state index in [0.29, 0.717) is 10.9 Å². The van der Waals surface area contributed by atoms with Crippen molar-refractivity contribution in [2.24, 2.45) is 5.10 Å². The maximum atomic E-state index is 10.4. The lowest BCUT2D eigenvalue weighted by Crippen LogP contribution is -1.89. The molecular formula is C9H8N4O3S. The molecule has 0 aliphatic carbocycles. The van der Waals surface area contributed by atoms with E-state index in [-0.39, 0.29) is 5.88 Å². The summed E-state index contributed by atoms with van der Waals surface area (Å²) < 4.78 is 4.88. The van der Waals surface area contributed by atoms with Crippen molar-refractivity contribution in [1.82, 2.24) is 4.98 Å². The van der Waals surface area contributed by atoms with Crippen LogP contribution in [-0.4, -0.2) is 16.1 Å². The number of nitrogens with one attached hydrogen (secondary N) is 1. The monoisotopic (exact) mass is 252 g/mol. The van der Waals surface area contributed by atoms with Crippen LogP contribution in [0.5, 0.6) is 0 Å². The zero-order valence-corrected chi connectivity index (χ0v) is 9.60. The van der Waals surface area contributed by atoms with E-state index >= 15 is 0 Å². The number of hydrogen-bond acceptors (Lipinski definition) is 7. The van der Waals surface area contributed by atoms with Crippen LogP contribution in [0.3, 0.4) is 0 Å². The van der Waals surface area contributed by atoms with Gasteiger partial charge in [-0.05, 0) is 13.0 Å². The first-order valence-corrected chi connectivity index (χ1v) is 5.48. The molecule has 2 aromatic rings. The van der Waals surface area contributed by atoms with Crippen molar-refractivity contribution < 1.29 is 9.34 Å². The molecule has 0 fully saturated rings. The standard InChI is InChI=1S/C9H8N4O3S/c1-6-5-17-9(11-6)12-10-4-7-2-3-8(16-7)13(14)15/h2-5H,1H3,(H,11,12)/b10-4-. The third-order valence-electron chi connectivity index (χ3n) is 1.76. The van der Waals surface area contributed by atoms with Gasteiger partial charge in [-0.2, -0.15) is 5.10 Å². The molecule has 88 valence electrons. The van der Waals surface area contributed by atoms with Gasteiger partial charge >= 0.3 is 5.88 Å². The number of hydrogen-bond donors (Lipinski definition) is 1. The van der Waals surface area contributed by atoms with E-state index in [0.717, 1.165) is 5.69 Å². The van der Waals surface area contributed by atoms with Crippen molar-refractivity contribution in [1.29, 1.82) is 0 Å². The van der Waals surface area contributed by atoms with E-state index in [1.165, 1.54) is 29.7 Å². The highest BCUT2D eigenvalue weighted by atomic mass is 32.1. The molecular weight excluding hydrogens is 244 g/mol. The SMILES string of the molecule is Cc1csc(N/N=C\c2ccc([N+](=O)[O-])o2)n1. The molecule has 0 aliphatic rings. The number of thiazole rings is 1. The van der Waals surface area contributed by atoms with Crippen LogP contribution in [0.15, 0.2) is 27.0 Å². The molecule has 2 rings (SSSR count). The van der Waals surface area contributed by atoms with E-state index < -0.39 is 4.92 Å². The number of aryl methyl sites for hydroxylation is 1. The highest BCUT2D eigenvalue weighted by Crippen LogP contribution is 2.15. The van der Waals surface area contributed by atoms with Crippen molar-refractivity contribution in [2.45, 2.75) is 6.92 Å². The van der Waals surface area contributed by atoms with Gasteiger partial charge in [0.25, 0.3) is 0 Å². The van der Waals surface area contributed by atoms with E-state index in [1.807, 2.05) is 12.3 Å². The van der Waals surface area contributed by atoms with Crippen LogP contribution in [-0.2, 0) is 0 Å². The van der Waals surface area contributed by atoms with Crippen molar-refractivity contribution in [3.05, 3.63) is 39.1 Å². The molecule has 2 heterocycles. The van der Waals surface area contributed by atoms with E-state index in [9.17, 15) is 10.1 Å². The third-order valence-corrected chi connectivity index (χ3v) is 2.63. The number of aromatic nitrogens is 1. The summed E-state index contributed by atoms with van der Waals surface area (Å²) in [6.07, 6.45) is 1.35. The first kappa shape index (κ1) is 11.3. The fourth-order valence-electron chi connectivity index (χ4n) is 1.07. The highest BCUT2D eigenvalue weighted by Gasteiger charge is 2.10. The lowest BCUT2D eigenvalue weighted by Gasteiger charge is -1.90. The number of anilines is 1. The Bertz CT molecular complexity index is 560. The van der Waals surface area contributed by atoms with Crippen LogP contribution in [0.2, 0.25) is 0 Å². The fraction of sp³-hybridized carbons (Fsp3) is 0.111. The Labute approximate surface area is 99.9 Å². The molecule has 17 heavy (non-hydrogen) atoms. The van der Waals surface area contributed by atoms with E-state index in [1.54, 1.807) is 0 Å². The van der Waals surface area contributed by atoms with E-state index in [4.69, 9.17) is 4.42 Å². The van der Waals surface area contributed by atoms with Crippen LogP contribution in [0.25, 0.3) is 0 Å². The second-order valence-electron chi connectivity index (χ2n) is 3.10. The Kier molecular flexibility index (Phi) is 3.15. The minimum atomic E-state index is -0.602. The summed E-state index contributed by atoms with van der Waals surface area (Å²) in [5.74, 6) is -0.00554. The summed E-state index contributed by atoms with van der Waals surface area (Å²) in [5, 5.41) is 16.7. The van der Waals surface area contributed by atoms with Crippen molar-refractivity contribution in [3.63, 3.8) is 0 Å². The maximum absolute atomic E-state index is 10.4. The van der Waals surface area contributed by atoms with Crippen LogP contribution in [0.4, 0.5) is 11.0 Å². The summed E-state index contributed by atoms with van der Waals surface area (Å²) in [5.41, 5.74) is 3.60. The second kappa shape index (κ2) is 4.74. The molecule has 0 unspecified atom stereocenters. The quantitative estimate of drug-likeness (QED) is 0.512. The topological polar surface area (TPSA) is 93.6 Å². The Hall–Kier alpha value is -2.22. The number of rotatable bonds is 4. The van der Waals surface area contributed by atoms with Gasteiger partial charge in [-0.25, -0.2) is 4.98 Å². The van der Waals surface area contributed by atoms with Gasteiger partial charge in [-0.3, -0.25) is 15.5 Å². The number of furan rings is 1. The molecule has 2 aromatic heterocycles. The van der Waals surface area contributed by atoms with Crippen LogP contribution >= 0.6 is 11.3 Å². The lowest BCUT2D eigenvalue weighted by molar-refractivity contribution is -0.402. The second-order valence-corrected chi connectivity index (χ2v) is 3.96. The molecule has 8 heteroatoms. The first-order chi connectivity index (χ1) is 8.15. The van der Waals surface area contributed by atoms with Gasteiger partial charge in [0, 0.05) is 5.38 Å². The van der Waals surface area contributed by atoms with Gasteiger partial charge in [-0.15, -0.1) is 11.3 Å². The normalized spacial score (nSPS) is 10.9. The largest absolute Gasteiger partial charge is 0.433 e. The fourth-order valence-corrected chi connectivity index (χ4v) is 1.70. The molecule has 0 aliphatic heterocycles. The molecule has 0 saturated carbocycles. The predicted molar refractivity (Wildman–Crippen MR) is 63.4 cm³/mol. The van der Waals surface area contributed by atoms with Crippen molar-refractivity contribution >= 4 is 28.6 Å². The van der Waals surface area contributed by atoms with Gasteiger partial charge in [0.15, 0.2) is 5.76 Å². The molecule has 0 bridgehead atoms. The molecule has 0 atom stereocenters. The Balaban J connectivity index is 1.98. The highest BCUT2D eigenvalue weighted by molar-refractivity contribution is 7.13. The van der Waals surface area contributed by atoms with Gasteiger partial charge in [-0.1, -0.05) is 0 Å². The third kappa shape index (κ3) is 2.88. The smallest absolute Gasteiger partial charge is 0.400 e. The molecule has 0 saturated heterocycles. The maximum Gasteiger partial charge on any atom is 0.433 e. The van der Waals surface area contributed by atoms with Gasteiger partial charge < -0.3 is 4.42 Å². The summed E-state index contributed by atoms with van der Waals surface area (Å²) in [6, 6.07) is 2.74. The molecule has 0 spiro atoms. The van der Waals surface area contributed by atoms with E-state index in [2.05, 4.69) is 15.5 Å². The average molecular weight is 252 g/mol. The zero-order chi connectivity index (χ0) is 12.3. The molecule has 7 nitrogen and oxygen atoms in total. The Morgan fingerprint density at radius 2 is 2.47 bits per heavy atom. The summed E-state index contributed by atoms with van der Waals surface area (Å²) in [7, 11) is 0. The van der Waals surface area contributed by atoms with Crippen LogP contribution < -0.4 is 5.43 Å². The van der Waals surface area contributed by atoms with Gasteiger partial charge in [0.2, 0.25) is 5.13 Å². The Morgan fingerprint density at radius 3 is 3.06 bits per heavy atom. The minimum Gasteiger partial charge on any atom is -0.400 e. The predicted octanol–water partition coefficient (Wildman–Crippen LogP) is 2.40. The zero-order valence-electron chi connectivity index (χ0n) is 8.78. The van der Waals surface area contributed by atoms with Crippen molar-refractivity contribution in [2.75, 3.05) is 5.43 Å². The molecule has 1 N–H and O–H groups in total.